The van der Waals surface area contributed by atoms with E-state index in [2.05, 4.69) is 11.6 Å². The number of nitrogens with zero attached hydrogens (tertiary/aromatic N) is 3. The number of benzene rings is 2. The molecule has 3 aromatic rings. The van der Waals surface area contributed by atoms with E-state index in [1.54, 1.807) is 18.2 Å². The maximum Gasteiger partial charge on any atom is 0.279 e. The summed E-state index contributed by atoms with van der Waals surface area (Å²) in [6, 6.07) is 11.3. The van der Waals surface area contributed by atoms with Crippen LogP contribution in [0.2, 0.25) is 0 Å². The highest BCUT2D eigenvalue weighted by Gasteiger charge is 2.16. The molecule has 0 atom stereocenters. The molecule has 4 rings (SSSR count). The van der Waals surface area contributed by atoms with Crippen LogP contribution in [-0.4, -0.2) is 37.8 Å². The smallest absolute Gasteiger partial charge is 0.279 e. The molecule has 0 bridgehead atoms. The molecule has 0 aliphatic carbocycles. The SMILES string of the molecule is C=CCn1c(=NC(=O)c2ccc(N(C)C)cc2)sc2cc3c(cc21)OCCO3. The first-order chi connectivity index (χ1) is 13.6. The summed E-state index contributed by atoms with van der Waals surface area (Å²) < 4.78 is 14.3. The van der Waals surface area contributed by atoms with Crippen molar-refractivity contribution in [3.05, 3.63) is 59.4 Å². The van der Waals surface area contributed by atoms with E-state index in [0.29, 0.717) is 35.9 Å². The molecule has 28 heavy (non-hydrogen) atoms. The highest BCUT2D eigenvalue weighted by atomic mass is 32.1. The molecule has 1 aromatic heterocycles. The van der Waals surface area contributed by atoms with Gasteiger partial charge in [0.15, 0.2) is 16.3 Å². The molecule has 1 aliphatic rings. The Hall–Kier alpha value is -3.06. The number of hydrogen-bond acceptors (Lipinski definition) is 5. The number of ether oxygens (including phenoxy) is 2. The van der Waals surface area contributed by atoms with Crippen LogP contribution in [0.25, 0.3) is 10.2 Å². The van der Waals surface area contributed by atoms with Crippen LogP contribution in [0.4, 0.5) is 5.69 Å². The van der Waals surface area contributed by atoms with Gasteiger partial charge in [0.25, 0.3) is 5.91 Å². The number of allylic oxidation sites excluding steroid dienone is 1. The second-order valence-electron chi connectivity index (χ2n) is 6.61. The molecule has 0 N–H and O–H groups in total. The number of carbonyl (C=O) groups excluding carboxylic acids is 1. The number of rotatable bonds is 4. The summed E-state index contributed by atoms with van der Waals surface area (Å²) in [5.74, 6) is 1.17. The van der Waals surface area contributed by atoms with Crippen molar-refractivity contribution in [3.63, 3.8) is 0 Å². The minimum absolute atomic E-state index is 0.271. The van der Waals surface area contributed by atoms with E-state index in [-0.39, 0.29) is 5.91 Å². The largest absolute Gasteiger partial charge is 0.486 e. The number of fused-ring (bicyclic) bond motifs is 2. The summed E-state index contributed by atoms with van der Waals surface area (Å²) in [5.41, 5.74) is 2.54. The molecule has 0 radical (unpaired) electrons. The lowest BCUT2D eigenvalue weighted by molar-refractivity contribution is 0.0998. The summed E-state index contributed by atoms with van der Waals surface area (Å²) in [4.78, 5) is 19.7. The lowest BCUT2D eigenvalue weighted by Gasteiger charge is -2.18. The third-order valence-electron chi connectivity index (χ3n) is 4.49. The number of thiazole rings is 1. The lowest BCUT2D eigenvalue weighted by atomic mass is 10.2. The average Bonchev–Trinajstić information content (AvgIpc) is 3.02. The summed E-state index contributed by atoms with van der Waals surface area (Å²) in [6.07, 6.45) is 1.79. The Morgan fingerprint density at radius 1 is 1.21 bits per heavy atom. The normalized spacial score (nSPS) is 13.6. The fourth-order valence-electron chi connectivity index (χ4n) is 3.05. The van der Waals surface area contributed by atoms with Gasteiger partial charge in [-0.15, -0.1) is 6.58 Å². The first-order valence-corrected chi connectivity index (χ1v) is 9.79. The van der Waals surface area contributed by atoms with Crippen LogP contribution in [0.1, 0.15) is 10.4 Å². The summed E-state index contributed by atoms with van der Waals surface area (Å²) in [7, 11) is 3.92. The van der Waals surface area contributed by atoms with Gasteiger partial charge in [-0.1, -0.05) is 17.4 Å². The van der Waals surface area contributed by atoms with Crippen molar-refractivity contribution >= 4 is 33.1 Å². The van der Waals surface area contributed by atoms with Gasteiger partial charge in [-0.3, -0.25) is 4.79 Å². The number of hydrogen-bond donors (Lipinski definition) is 0. The van der Waals surface area contributed by atoms with Crippen molar-refractivity contribution in [2.24, 2.45) is 4.99 Å². The first-order valence-electron chi connectivity index (χ1n) is 8.97. The van der Waals surface area contributed by atoms with E-state index >= 15 is 0 Å². The van der Waals surface area contributed by atoms with Crippen molar-refractivity contribution in [3.8, 4) is 11.5 Å². The second kappa shape index (κ2) is 7.52. The van der Waals surface area contributed by atoms with Gasteiger partial charge in [-0.25, -0.2) is 0 Å². The van der Waals surface area contributed by atoms with Crippen molar-refractivity contribution in [1.82, 2.24) is 4.57 Å². The number of carbonyl (C=O) groups is 1. The zero-order valence-corrected chi connectivity index (χ0v) is 16.7. The molecule has 2 aromatic carbocycles. The Balaban J connectivity index is 1.78. The van der Waals surface area contributed by atoms with E-state index in [0.717, 1.165) is 21.7 Å². The highest BCUT2D eigenvalue weighted by Crippen LogP contribution is 2.35. The molecule has 0 spiro atoms. The zero-order chi connectivity index (χ0) is 19.7. The zero-order valence-electron chi connectivity index (χ0n) is 15.8. The fraction of sp³-hybridized carbons (Fsp3) is 0.238. The van der Waals surface area contributed by atoms with E-state index in [4.69, 9.17) is 9.47 Å². The lowest BCUT2D eigenvalue weighted by Crippen LogP contribution is -2.17. The molecule has 7 heteroatoms. The number of aromatic nitrogens is 1. The predicted molar refractivity (Wildman–Crippen MR) is 112 cm³/mol. The Kier molecular flexibility index (Phi) is 4.92. The van der Waals surface area contributed by atoms with Crippen molar-refractivity contribution in [1.29, 1.82) is 0 Å². The minimum atomic E-state index is -0.271. The van der Waals surface area contributed by atoms with Crippen LogP contribution in [0.15, 0.2) is 54.0 Å². The highest BCUT2D eigenvalue weighted by molar-refractivity contribution is 7.16. The van der Waals surface area contributed by atoms with Crippen LogP contribution < -0.4 is 19.2 Å². The van der Waals surface area contributed by atoms with Crippen LogP contribution >= 0.6 is 11.3 Å². The van der Waals surface area contributed by atoms with Gasteiger partial charge in [-0.2, -0.15) is 4.99 Å². The molecular weight excluding hydrogens is 374 g/mol. The van der Waals surface area contributed by atoms with E-state index < -0.39 is 0 Å². The molecule has 0 fully saturated rings. The van der Waals surface area contributed by atoms with Gasteiger partial charge in [0.1, 0.15) is 13.2 Å². The molecule has 0 unspecified atom stereocenters. The van der Waals surface area contributed by atoms with Crippen LogP contribution in [0.3, 0.4) is 0 Å². The number of anilines is 1. The summed E-state index contributed by atoms with van der Waals surface area (Å²) in [6.45, 7) is 5.45. The minimum Gasteiger partial charge on any atom is -0.486 e. The third kappa shape index (κ3) is 3.41. The average molecular weight is 395 g/mol. The van der Waals surface area contributed by atoms with Crippen LogP contribution in [-0.2, 0) is 6.54 Å². The molecule has 2 heterocycles. The monoisotopic (exact) mass is 395 g/mol. The molecule has 6 nitrogen and oxygen atoms in total. The van der Waals surface area contributed by atoms with Gasteiger partial charge in [0.2, 0.25) is 0 Å². The van der Waals surface area contributed by atoms with Gasteiger partial charge < -0.3 is 18.9 Å². The van der Waals surface area contributed by atoms with Gasteiger partial charge >= 0.3 is 0 Å². The molecule has 1 aliphatic heterocycles. The maximum atomic E-state index is 12.7. The van der Waals surface area contributed by atoms with E-state index in [1.807, 2.05) is 47.8 Å². The standard InChI is InChI=1S/C21H21N3O3S/c1-4-9-24-16-12-17-18(27-11-10-26-17)13-19(16)28-21(24)22-20(25)14-5-7-15(8-6-14)23(2)3/h4-8,12-13H,1,9-11H2,2-3H3. The van der Waals surface area contributed by atoms with Crippen molar-refractivity contribution < 1.29 is 14.3 Å². The Morgan fingerprint density at radius 2 is 1.89 bits per heavy atom. The van der Waals surface area contributed by atoms with Crippen LogP contribution in [0.5, 0.6) is 11.5 Å². The number of amides is 1. The molecule has 144 valence electrons. The maximum absolute atomic E-state index is 12.7. The summed E-state index contributed by atoms with van der Waals surface area (Å²) >= 11 is 1.45. The van der Waals surface area contributed by atoms with E-state index in [1.165, 1.54) is 11.3 Å². The molecular formula is C21H21N3O3S. The second-order valence-corrected chi connectivity index (χ2v) is 7.61. The predicted octanol–water partition coefficient (Wildman–Crippen LogP) is 3.47. The van der Waals surface area contributed by atoms with Crippen molar-refractivity contribution in [2.75, 3.05) is 32.2 Å². The quantitative estimate of drug-likeness (QED) is 0.635. The summed E-state index contributed by atoms with van der Waals surface area (Å²) in [5, 5.41) is 0. The molecule has 0 saturated carbocycles. The molecule has 1 amide bonds. The van der Waals surface area contributed by atoms with Gasteiger partial charge in [-0.05, 0) is 24.3 Å². The molecule has 0 saturated heterocycles. The fourth-order valence-corrected chi connectivity index (χ4v) is 4.10. The van der Waals surface area contributed by atoms with E-state index in [9.17, 15) is 4.79 Å². The Morgan fingerprint density at radius 3 is 2.54 bits per heavy atom. The topological polar surface area (TPSA) is 56.1 Å². The Bertz CT molecular complexity index is 1110. The van der Waals surface area contributed by atoms with Gasteiger partial charge in [0, 0.05) is 44.0 Å². The Labute approximate surface area is 167 Å². The van der Waals surface area contributed by atoms with Crippen LogP contribution in [0, 0.1) is 0 Å². The van der Waals surface area contributed by atoms with Crippen molar-refractivity contribution in [2.45, 2.75) is 6.54 Å². The third-order valence-corrected chi connectivity index (χ3v) is 5.53. The van der Waals surface area contributed by atoms with Gasteiger partial charge in [0.05, 0.1) is 10.2 Å². The first kappa shape index (κ1) is 18.3.